The van der Waals surface area contributed by atoms with Crippen molar-refractivity contribution in [1.29, 1.82) is 0 Å². The average molecular weight is 494 g/mol. The van der Waals surface area contributed by atoms with Gasteiger partial charge in [-0.1, -0.05) is 79.2 Å². The van der Waals surface area contributed by atoms with E-state index < -0.39 is 5.97 Å². The number of benzene rings is 4. The minimum atomic E-state index is -0.997. The monoisotopic (exact) mass is 493 g/mol. The quantitative estimate of drug-likeness (QED) is 0.227. The van der Waals surface area contributed by atoms with Crippen molar-refractivity contribution in [3.05, 3.63) is 114 Å². The van der Waals surface area contributed by atoms with Crippen LogP contribution >= 0.6 is 0 Å². The van der Waals surface area contributed by atoms with E-state index in [1.165, 1.54) is 0 Å². The van der Waals surface area contributed by atoms with E-state index in [9.17, 15) is 14.7 Å². The molecule has 0 aliphatic rings. The molecule has 0 atom stereocenters. The van der Waals surface area contributed by atoms with Crippen LogP contribution in [0.4, 0.5) is 21.9 Å². The van der Waals surface area contributed by atoms with Crippen molar-refractivity contribution in [3.63, 3.8) is 0 Å². The standard InChI is InChI=1S/C31H31N3O3/c1-3-19-34(21-23-9-5-4-6-10-23)29-18-15-24(26-11-7-8-12-27(26)30(35)36)20-28(29)33-31(37)32-25-16-13-22(2)14-17-25/h4-18,20H,3,19,21H2,1-2H3,(H,35,36)(H2,32,33,37). The lowest BCUT2D eigenvalue weighted by Gasteiger charge is -2.28. The molecule has 2 amide bonds. The topological polar surface area (TPSA) is 81.7 Å². The molecule has 0 aliphatic carbocycles. The third-order valence-electron chi connectivity index (χ3n) is 6.07. The van der Waals surface area contributed by atoms with Crippen molar-refractivity contribution < 1.29 is 14.7 Å². The summed E-state index contributed by atoms with van der Waals surface area (Å²) in [5, 5.41) is 15.6. The second-order valence-electron chi connectivity index (χ2n) is 8.93. The first-order chi connectivity index (χ1) is 17.9. The number of anilines is 3. The summed E-state index contributed by atoms with van der Waals surface area (Å²) in [6.45, 7) is 5.57. The highest BCUT2D eigenvalue weighted by molar-refractivity contribution is 6.03. The van der Waals surface area contributed by atoms with Gasteiger partial charge in [-0.05, 0) is 60.4 Å². The van der Waals surface area contributed by atoms with Crippen LogP contribution in [-0.4, -0.2) is 23.7 Å². The molecule has 0 radical (unpaired) electrons. The Morgan fingerprint density at radius 3 is 2.24 bits per heavy atom. The molecule has 4 aromatic rings. The number of aromatic carboxylic acids is 1. The number of rotatable bonds is 9. The van der Waals surface area contributed by atoms with Gasteiger partial charge in [-0.15, -0.1) is 0 Å². The molecular formula is C31H31N3O3. The minimum Gasteiger partial charge on any atom is -0.478 e. The largest absolute Gasteiger partial charge is 0.478 e. The van der Waals surface area contributed by atoms with Gasteiger partial charge < -0.3 is 20.6 Å². The second-order valence-corrected chi connectivity index (χ2v) is 8.93. The molecule has 0 heterocycles. The van der Waals surface area contributed by atoms with Crippen molar-refractivity contribution >= 4 is 29.1 Å². The maximum Gasteiger partial charge on any atom is 0.336 e. The fourth-order valence-corrected chi connectivity index (χ4v) is 4.28. The summed E-state index contributed by atoms with van der Waals surface area (Å²) in [6, 6.07) is 30.0. The lowest BCUT2D eigenvalue weighted by atomic mass is 9.98. The highest BCUT2D eigenvalue weighted by Gasteiger charge is 2.17. The van der Waals surface area contributed by atoms with E-state index in [0.29, 0.717) is 29.0 Å². The average Bonchev–Trinajstić information content (AvgIpc) is 2.90. The summed E-state index contributed by atoms with van der Waals surface area (Å²) < 4.78 is 0. The van der Waals surface area contributed by atoms with Crippen LogP contribution in [0.25, 0.3) is 11.1 Å². The first-order valence-corrected chi connectivity index (χ1v) is 12.3. The molecule has 6 heteroatoms. The number of carbonyl (C=O) groups is 2. The number of nitrogens with one attached hydrogen (secondary N) is 2. The molecule has 188 valence electrons. The number of carboxylic acid groups (broad SMARTS) is 1. The predicted octanol–water partition coefficient (Wildman–Crippen LogP) is 7.42. The van der Waals surface area contributed by atoms with Crippen LogP contribution < -0.4 is 15.5 Å². The van der Waals surface area contributed by atoms with Crippen LogP contribution in [0.1, 0.15) is 34.8 Å². The summed E-state index contributed by atoms with van der Waals surface area (Å²) in [7, 11) is 0. The molecule has 0 saturated carbocycles. The van der Waals surface area contributed by atoms with Crippen LogP contribution in [0.2, 0.25) is 0 Å². The summed E-state index contributed by atoms with van der Waals surface area (Å²) in [4.78, 5) is 27.1. The fourth-order valence-electron chi connectivity index (χ4n) is 4.28. The Morgan fingerprint density at radius 2 is 1.54 bits per heavy atom. The number of hydrogen-bond acceptors (Lipinski definition) is 3. The zero-order valence-electron chi connectivity index (χ0n) is 21.1. The zero-order valence-corrected chi connectivity index (χ0v) is 21.1. The molecule has 0 spiro atoms. The summed E-state index contributed by atoms with van der Waals surface area (Å²) in [5.41, 5.74) is 5.93. The Morgan fingerprint density at radius 1 is 0.838 bits per heavy atom. The van der Waals surface area contributed by atoms with Crippen LogP contribution in [0.5, 0.6) is 0 Å². The van der Waals surface area contributed by atoms with Gasteiger partial charge in [-0.25, -0.2) is 9.59 Å². The van der Waals surface area contributed by atoms with E-state index in [-0.39, 0.29) is 11.6 Å². The van der Waals surface area contributed by atoms with Gasteiger partial charge in [-0.3, -0.25) is 0 Å². The highest BCUT2D eigenvalue weighted by Crippen LogP contribution is 2.34. The number of carbonyl (C=O) groups excluding carboxylic acids is 1. The second kappa shape index (κ2) is 11.9. The molecule has 3 N–H and O–H groups in total. The van der Waals surface area contributed by atoms with Gasteiger partial charge >= 0.3 is 12.0 Å². The van der Waals surface area contributed by atoms with Crippen LogP contribution in [0, 0.1) is 6.92 Å². The number of amides is 2. The summed E-state index contributed by atoms with van der Waals surface area (Å²) in [5.74, 6) is -0.997. The van der Waals surface area contributed by atoms with Gasteiger partial charge in [0.2, 0.25) is 0 Å². The molecule has 0 bridgehead atoms. The third kappa shape index (κ3) is 6.55. The molecule has 0 aromatic heterocycles. The molecular weight excluding hydrogens is 462 g/mol. The lowest BCUT2D eigenvalue weighted by molar-refractivity contribution is 0.0697. The van der Waals surface area contributed by atoms with Crippen molar-refractivity contribution in [2.75, 3.05) is 22.1 Å². The Kier molecular flexibility index (Phi) is 8.21. The van der Waals surface area contributed by atoms with Crippen LogP contribution in [-0.2, 0) is 6.54 Å². The number of aryl methyl sites for hydroxylation is 1. The summed E-state index contributed by atoms with van der Waals surface area (Å²) in [6.07, 6.45) is 0.922. The Bertz CT molecular complexity index is 1370. The molecule has 0 saturated heterocycles. The Balaban J connectivity index is 1.73. The van der Waals surface area contributed by atoms with Gasteiger partial charge in [0, 0.05) is 18.8 Å². The molecule has 4 aromatic carbocycles. The number of nitrogens with zero attached hydrogens (tertiary/aromatic N) is 1. The fraction of sp³-hybridized carbons (Fsp3) is 0.161. The van der Waals surface area contributed by atoms with Gasteiger partial charge in [0.15, 0.2) is 0 Å². The van der Waals surface area contributed by atoms with E-state index in [1.54, 1.807) is 18.2 Å². The smallest absolute Gasteiger partial charge is 0.336 e. The summed E-state index contributed by atoms with van der Waals surface area (Å²) >= 11 is 0. The van der Waals surface area contributed by atoms with Gasteiger partial charge in [0.1, 0.15) is 0 Å². The number of urea groups is 1. The third-order valence-corrected chi connectivity index (χ3v) is 6.07. The van der Waals surface area contributed by atoms with E-state index in [0.717, 1.165) is 29.8 Å². The normalized spacial score (nSPS) is 10.5. The van der Waals surface area contributed by atoms with E-state index in [4.69, 9.17) is 0 Å². The zero-order chi connectivity index (χ0) is 26.2. The first kappa shape index (κ1) is 25.5. The van der Waals surface area contributed by atoms with Crippen LogP contribution in [0.3, 0.4) is 0 Å². The van der Waals surface area contributed by atoms with Crippen molar-refractivity contribution in [1.82, 2.24) is 0 Å². The van der Waals surface area contributed by atoms with E-state index in [2.05, 4.69) is 34.6 Å². The highest BCUT2D eigenvalue weighted by atomic mass is 16.4. The van der Waals surface area contributed by atoms with Crippen molar-refractivity contribution in [3.8, 4) is 11.1 Å². The van der Waals surface area contributed by atoms with E-state index in [1.807, 2.05) is 73.7 Å². The lowest BCUT2D eigenvalue weighted by Crippen LogP contribution is -2.26. The van der Waals surface area contributed by atoms with E-state index >= 15 is 0 Å². The molecule has 37 heavy (non-hydrogen) atoms. The van der Waals surface area contributed by atoms with Crippen molar-refractivity contribution in [2.24, 2.45) is 0 Å². The number of hydrogen-bond donors (Lipinski definition) is 3. The number of carboxylic acids is 1. The van der Waals surface area contributed by atoms with Crippen molar-refractivity contribution in [2.45, 2.75) is 26.8 Å². The SMILES string of the molecule is CCCN(Cc1ccccc1)c1ccc(-c2ccccc2C(=O)O)cc1NC(=O)Nc1ccc(C)cc1. The predicted molar refractivity (Wildman–Crippen MR) is 150 cm³/mol. The first-order valence-electron chi connectivity index (χ1n) is 12.3. The van der Waals surface area contributed by atoms with Gasteiger partial charge in [-0.2, -0.15) is 0 Å². The molecule has 0 unspecified atom stereocenters. The molecule has 4 rings (SSSR count). The van der Waals surface area contributed by atoms with Gasteiger partial charge in [0.05, 0.1) is 16.9 Å². The Labute approximate surface area is 217 Å². The Hall–Kier alpha value is -4.58. The maximum atomic E-state index is 13.0. The molecule has 0 aliphatic heterocycles. The maximum absolute atomic E-state index is 13.0. The van der Waals surface area contributed by atoms with Gasteiger partial charge in [0.25, 0.3) is 0 Å². The molecule has 6 nitrogen and oxygen atoms in total. The van der Waals surface area contributed by atoms with Crippen LogP contribution in [0.15, 0.2) is 97.1 Å². The minimum absolute atomic E-state index is 0.208. The molecule has 0 fully saturated rings.